The number of rotatable bonds is 3. The Kier molecular flexibility index (Phi) is 3.66. The summed E-state index contributed by atoms with van der Waals surface area (Å²) in [5.41, 5.74) is 2.11. The first-order valence-corrected chi connectivity index (χ1v) is 6.80. The molecule has 2 aromatic heterocycles. The Balaban J connectivity index is 1.87. The summed E-state index contributed by atoms with van der Waals surface area (Å²) in [4.78, 5) is 12.7. The van der Waals surface area contributed by atoms with Gasteiger partial charge in [-0.2, -0.15) is 0 Å². The zero-order chi connectivity index (χ0) is 14.8. The molecule has 0 amide bonds. The van der Waals surface area contributed by atoms with Gasteiger partial charge in [-0.05, 0) is 36.8 Å². The van der Waals surface area contributed by atoms with Crippen LogP contribution in [0.15, 0.2) is 42.7 Å². The number of aromatic nitrogens is 3. The van der Waals surface area contributed by atoms with Gasteiger partial charge >= 0.3 is 0 Å². The van der Waals surface area contributed by atoms with Gasteiger partial charge in [-0.1, -0.05) is 17.7 Å². The lowest BCUT2D eigenvalue weighted by Gasteiger charge is -2.16. The number of nitrogens with zero attached hydrogens (tertiary/aromatic N) is 3. The quantitative estimate of drug-likeness (QED) is 0.795. The van der Waals surface area contributed by atoms with Crippen LogP contribution in [0.5, 0.6) is 0 Å². The first-order valence-electron chi connectivity index (χ1n) is 6.43. The fourth-order valence-electron chi connectivity index (χ4n) is 2.09. The molecule has 6 heteroatoms. The predicted octanol–water partition coefficient (Wildman–Crippen LogP) is 3.99. The molecular weight excluding hydrogens is 291 g/mol. The van der Waals surface area contributed by atoms with E-state index in [1.807, 2.05) is 19.1 Å². The van der Waals surface area contributed by atoms with E-state index in [2.05, 4.69) is 20.3 Å². The number of benzene rings is 1. The van der Waals surface area contributed by atoms with Crippen molar-refractivity contribution in [3.8, 4) is 0 Å². The first-order chi connectivity index (χ1) is 10.1. The molecule has 0 spiro atoms. The monoisotopic (exact) mass is 302 g/mol. The summed E-state index contributed by atoms with van der Waals surface area (Å²) in [7, 11) is 0. The Morgan fingerprint density at radius 3 is 2.76 bits per heavy atom. The number of hydrogen-bond donors (Lipinski definition) is 1. The number of pyridine rings is 1. The van der Waals surface area contributed by atoms with Gasteiger partial charge in [0.1, 0.15) is 17.2 Å². The van der Waals surface area contributed by atoms with Gasteiger partial charge < -0.3 is 5.32 Å². The molecule has 3 aromatic rings. The van der Waals surface area contributed by atoms with Crippen molar-refractivity contribution in [1.29, 1.82) is 0 Å². The molecule has 106 valence electrons. The summed E-state index contributed by atoms with van der Waals surface area (Å²) in [6.45, 7) is 1.93. The van der Waals surface area contributed by atoms with Crippen molar-refractivity contribution >= 4 is 28.6 Å². The largest absolute Gasteiger partial charge is 0.363 e. The van der Waals surface area contributed by atoms with E-state index in [9.17, 15) is 4.39 Å². The van der Waals surface area contributed by atoms with E-state index in [0.29, 0.717) is 16.5 Å². The lowest BCUT2D eigenvalue weighted by molar-refractivity contribution is 0.626. The van der Waals surface area contributed by atoms with E-state index in [0.717, 1.165) is 11.1 Å². The zero-order valence-electron chi connectivity index (χ0n) is 11.2. The summed E-state index contributed by atoms with van der Waals surface area (Å²) < 4.78 is 13.1. The molecule has 0 bridgehead atoms. The van der Waals surface area contributed by atoms with Crippen molar-refractivity contribution in [1.82, 2.24) is 15.0 Å². The summed E-state index contributed by atoms with van der Waals surface area (Å²) in [6.07, 6.45) is 3.22. The topological polar surface area (TPSA) is 50.7 Å². The molecule has 0 aliphatic heterocycles. The summed E-state index contributed by atoms with van der Waals surface area (Å²) in [5.74, 6) is 0.311. The van der Waals surface area contributed by atoms with Crippen molar-refractivity contribution in [3.63, 3.8) is 0 Å². The van der Waals surface area contributed by atoms with Crippen LogP contribution >= 0.6 is 11.6 Å². The molecule has 2 heterocycles. The van der Waals surface area contributed by atoms with Crippen LogP contribution in [0, 0.1) is 5.82 Å². The highest BCUT2D eigenvalue weighted by Gasteiger charge is 2.11. The molecular formula is C15H12ClFN4. The Morgan fingerprint density at radius 2 is 1.95 bits per heavy atom. The third-order valence-corrected chi connectivity index (χ3v) is 3.45. The highest BCUT2D eigenvalue weighted by Crippen LogP contribution is 2.26. The lowest BCUT2D eigenvalue weighted by atomic mass is 10.1. The molecule has 0 saturated carbocycles. The van der Waals surface area contributed by atoms with Crippen LogP contribution in [0.2, 0.25) is 5.02 Å². The minimum Gasteiger partial charge on any atom is -0.363 e. The normalized spacial score (nSPS) is 12.3. The van der Waals surface area contributed by atoms with Gasteiger partial charge in [0.25, 0.3) is 0 Å². The highest BCUT2D eigenvalue weighted by molar-refractivity contribution is 6.31. The molecule has 4 nitrogen and oxygen atoms in total. The second-order valence-corrected chi connectivity index (χ2v) is 5.03. The third-order valence-electron chi connectivity index (χ3n) is 3.13. The fraction of sp³-hybridized carbons (Fsp3) is 0.133. The van der Waals surface area contributed by atoms with E-state index < -0.39 is 0 Å². The molecule has 0 aliphatic rings. The van der Waals surface area contributed by atoms with Crippen LogP contribution in [0.1, 0.15) is 18.5 Å². The average Bonchev–Trinajstić information content (AvgIpc) is 2.47. The molecule has 0 aliphatic carbocycles. The fourth-order valence-corrected chi connectivity index (χ4v) is 2.42. The molecule has 21 heavy (non-hydrogen) atoms. The molecule has 1 unspecified atom stereocenters. The Hall–Kier alpha value is -2.27. The number of hydrogen-bond acceptors (Lipinski definition) is 4. The SMILES string of the molecule is CC(Nc1ccc2nccnc2n1)c1ccc(F)cc1Cl. The van der Waals surface area contributed by atoms with Gasteiger partial charge in [0.2, 0.25) is 0 Å². The van der Waals surface area contributed by atoms with Crippen molar-refractivity contribution < 1.29 is 4.39 Å². The standard InChI is InChI=1S/C15H12ClFN4/c1-9(11-3-2-10(17)8-12(11)16)20-14-5-4-13-15(21-14)19-7-6-18-13/h2-9H,1H3,(H,19,20,21). The summed E-state index contributed by atoms with van der Waals surface area (Å²) in [6, 6.07) is 7.91. The second kappa shape index (κ2) is 5.61. The smallest absolute Gasteiger partial charge is 0.180 e. The van der Waals surface area contributed by atoms with Crippen molar-refractivity contribution in [2.75, 3.05) is 5.32 Å². The van der Waals surface area contributed by atoms with E-state index in [1.165, 1.54) is 12.1 Å². The maximum Gasteiger partial charge on any atom is 0.180 e. The number of anilines is 1. The van der Waals surface area contributed by atoms with Crippen molar-refractivity contribution in [2.45, 2.75) is 13.0 Å². The van der Waals surface area contributed by atoms with Gasteiger partial charge in [0.15, 0.2) is 5.65 Å². The van der Waals surface area contributed by atoms with Gasteiger partial charge in [-0.3, -0.25) is 4.98 Å². The maximum absolute atomic E-state index is 13.1. The van der Waals surface area contributed by atoms with E-state index in [1.54, 1.807) is 18.5 Å². The Morgan fingerprint density at radius 1 is 1.14 bits per heavy atom. The highest BCUT2D eigenvalue weighted by atomic mass is 35.5. The van der Waals surface area contributed by atoms with Crippen LogP contribution in [0.4, 0.5) is 10.2 Å². The molecule has 3 rings (SSSR count). The molecule has 0 radical (unpaired) electrons. The van der Waals surface area contributed by atoms with E-state index in [4.69, 9.17) is 11.6 Å². The summed E-state index contributed by atoms with van der Waals surface area (Å²) >= 11 is 6.06. The number of fused-ring (bicyclic) bond motifs is 1. The molecule has 1 aromatic carbocycles. The van der Waals surface area contributed by atoms with Crippen molar-refractivity contribution in [3.05, 3.63) is 59.1 Å². The second-order valence-electron chi connectivity index (χ2n) is 4.63. The van der Waals surface area contributed by atoms with Gasteiger partial charge in [-0.25, -0.2) is 14.4 Å². The van der Waals surface area contributed by atoms with Gasteiger partial charge in [-0.15, -0.1) is 0 Å². The zero-order valence-corrected chi connectivity index (χ0v) is 12.0. The van der Waals surface area contributed by atoms with E-state index in [-0.39, 0.29) is 11.9 Å². The van der Waals surface area contributed by atoms with E-state index >= 15 is 0 Å². The van der Waals surface area contributed by atoms with Crippen LogP contribution in [-0.2, 0) is 0 Å². The Labute approximate surface area is 126 Å². The van der Waals surface area contributed by atoms with Crippen LogP contribution in [0.3, 0.4) is 0 Å². The molecule has 1 N–H and O–H groups in total. The Bertz CT molecular complexity index is 793. The van der Waals surface area contributed by atoms with Crippen LogP contribution in [0.25, 0.3) is 11.2 Å². The van der Waals surface area contributed by atoms with Crippen LogP contribution < -0.4 is 5.32 Å². The van der Waals surface area contributed by atoms with Gasteiger partial charge in [0.05, 0.1) is 6.04 Å². The summed E-state index contributed by atoms with van der Waals surface area (Å²) in [5, 5.41) is 3.61. The minimum absolute atomic E-state index is 0.111. The number of nitrogens with one attached hydrogen (secondary N) is 1. The third kappa shape index (κ3) is 2.92. The van der Waals surface area contributed by atoms with Crippen molar-refractivity contribution in [2.24, 2.45) is 0 Å². The first kappa shape index (κ1) is 13.7. The predicted molar refractivity (Wildman–Crippen MR) is 80.8 cm³/mol. The van der Waals surface area contributed by atoms with Crippen LogP contribution in [-0.4, -0.2) is 15.0 Å². The van der Waals surface area contributed by atoms with Gasteiger partial charge in [0, 0.05) is 17.4 Å². The maximum atomic E-state index is 13.1. The number of halogens is 2. The average molecular weight is 303 g/mol. The lowest BCUT2D eigenvalue weighted by Crippen LogP contribution is -2.09. The molecule has 0 saturated heterocycles. The molecule has 1 atom stereocenters. The minimum atomic E-state index is -0.352. The molecule has 0 fully saturated rings.